The molecule has 1 radical (unpaired) electrons. The zero-order valence-electron chi connectivity index (χ0n) is 3.57. The molecule has 0 aromatic rings. The summed E-state index contributed by atoms with van der Waals surface area (Å²) in [6.45, 7) is 1.47. The minimum Gasteiger partial charge on any atom is -0.232 e. The predicted molar refractivity (Wildman–Crippen MR) is 25.2 cm³/mol. The van der Waals surface area contributed by atoms with Gasteiger partial charge in [0.2, 0.25) is 0 Å². The van der Waals surface area contributed by atoms with E-state index in [-0.39, 0.29) is 6.61 Å². The van der Waals surface area contributed by atoms with Crippen LogP contribution in [-0.2, 0) is 5.11 Å². The first-order valence-corrected chi connectivity index (χ1v) is 2.05. The van der Waals surface area contributed by atoms with Crippen molar-refractivity contribution in [3.63, 3.8) is 0 Å². The first kappa shape index (κ1) is 5.99. The van der Waals surface area contributed by atoms with Gasteiger partial charge < -0.3 is 0 Å². The lowest BCUT2D eigenvalue weighted by atomic mass is 10.6. The molecule has 0 saturated heterocycles. The van der Waals surface area contributed by atoms with Gasteiger partial charge in [-0.05, 0) is 13.0 Å². The Morgan fingerprint density at radius 3 is 2.50 bits per heavy atom. The smallest absolute Gasteiger partial charge is 0.102 e. The maximum Gasteiger partial charge on any atom is 0.102 e. The van der Waals surface area contributed by atoms with Crippen molar-refractivity contribution in [2.45, 2.75) is 6.92 Å². The highest BCUT2D eigenvalue weighted by Crippen LogP contribution is 1.94. The van der Waals surface area contributed by atoms with Crippen LogP contribution >= 0.6 is 11.6 Å². The summed E-state index contributed by atoms with van der Waals surface area (Å²) in [7, 11) is 0. The second-order valence-electron chi connectivity index (χ2n) is 0.958. The molecule has 2 heteroatoms. The van der Waals surface area contributed by atoms with Crippen molar-refractivity contribution in [3.8, 4) is 0 Å². The van der Waals surface area contributed by atoms with Gasteiger partial charge in [0.1, 0.15) is 6.61 Å². The molecule has 0 rings (SSSR count). The monoisotopic (exact) mass is 105 g/mol. The highest BCUT2D eigenvalue weighted by Gasteiger charge is 1.72. The predicted octanol–water partition coefficient (Wildman–Crippen LogP) is 1.56. The molecule has 0 bridgehead atoms. The summed E-state index contributed by atoms with van der Waals surface area (Å²) in [5, 5.41) is 10.2. The molecular formula is C4H6ClO. The van der Waals surface area contributed by atoms with E-state index in [4.69, 9.17) is 11.6 Å². The molecule has 35 valence electrons. The zero-order valence-corrected chi connectivity index (χ0v) is 4.33. The normalized spacial score (nSPS) is 12.2. The van der Waals surface area contributed by atoms with Crippen molar-refractivity contribution < 1.29 is 5.11 Å². The van der Waals surface area contributed by atoms with Crippen LogP contribution in [0.2, 0.25) is 0 Å². The molecule has 0 aliphatic rings. The highest BCUT2D eigenvalue weighted by atomic mass is 35.5. The number of halogens is 1. The van der Waals surface area contributed by atoms with Crippen LogP contribution in [0.1, 0.15) is 6.92 Å². The van der Waals surface area contributed by atoms with Crippen molar-refractivity contribution in [2.75, 3.05) is 6.61 Å². The van der Waals surface area contributed by atoms with E-state index in [0.717, 1.165) is 0 Å². The molecule has 0 aromatic heterocycles. The van der Waals surface area contributed by atoms with Crippen molar-refractivity contribution in [2.24, 2.45) is 0 Å². The Morgan fingerprint density at radius 2 is 2.50 bits per heavy atom. The highest BCUT2D eigenvalue weighted by molar-refractivity contribution is 6.29. The van der Waals surface area contributed by atoms with Crippen molar-refractivity contribution >= 4 is 11.6 Å². The second-order valence-corrected chi connectivity index (χ2v) is 1.55. The molecule has 0 aliphatic heterocycles. The van der Waals surface area contributed by atoms with Gasteiger partial charge in [-0.3, -0.25) is 0 Å². The Hall–Kier alpha value is -0.0100. The lowest BCUT2D eigenvalue weighted by Gasteiger charge is -1.75. The third-order valence-corrected chi connectivity index (χ3v) is 0.519. The van der Waals surface area contributed by atoms with Gasteiger partial charge in [0.05, 0.1) is 0 Å². The van der Waals surface area contributed by atoms with Gasteiger partial charge in [-0.2, -0.15) is 0 Å². The zero-order chi connectivity index (χ0) is 4.99. The van der Waals surface area contributed by atoms with Crippen LogP contribution in [0.15, 0.2) is 11.1 Å². The Balaban J connectivity index is 3.14. The third kappa shape index (κ3) is 3.99. The fourth-order valence-corrected chi connectivity index (χ4v) is 0.178. The van der Waals surface area contributed by atoms with Gasteiger partial charge in [0.25, 0.3) is 0 Å². The van der Waals surface area contributed by atoms with E-state index in [1.54, 1.807) is 6.92 Å². The quantitative estimate of drug-likeness (QED) is 0.482. The summed E-state index contributed by atoms with van der Waals surface area (Å²) in [4.78, 5) is 0. The Kier molecular flexibility index (Phi) is 3.19. The first-order valence-electron chi connectivity index (χ1n) is 1.67. The van der Waals surface area contributed by atoms with Gasteiger partial charge in [0, 0.05) is 5.03 Å². The van der Waals surface area contributed by atoms with E-state index in [1.807, 2.05) is 0 Å². The fourth-order valence-electron chi connectivity index (χ4n) is 0.115. The molecule has 0 aromatic carbocycles. The van der Waals surface area contributed by atoms with E-state index in [9.17, 15) is 5.11 Å². The molecule has 0 unspecified atom stereocenters. The molecule has 0 fully saturated rings. The lowest BCUT2D eigenvalue weighted by molar-refractivity contribution is 0.232. The number of hydrogen-bond acceptors (Lipinski definition) is 0. The average Bonchev–Trinajstić information content (AvgIpc) is 1.35. The number of hydrogen-bond donors (Lipinski definition) is 0. The number of rotatable bonds is 1. The average molecular weight is 106 g/mol. The molecular weight excluding hydrogens is 99.5 g/mol. The largest absolute Gasteiger partial charge is 0.232 e. The van der Waals surface area contributed by atoms with Crippen LogP contribution < -0.4 is 0 Å². The summed E-state index contributed by atoms with van der Waals surface area (Å²) in [6.07, 6.45) is 1.42. The molecule has 0 heterocycles. The second kappa shape index (κ2) is 3.19. The van der Waals surface area contributed by atoms with Crippen LogP contribution in [0.25, 0.3) is 0 Å². The third-order valence-electron chi connectivity index (χ3n) is 0.365. The van der Waals surface area contributed by atoms with E-state index in [2.05, 4.69) is 0 Å². The van der Waals surface area contributed by atoms with E-state index < -0.39 is 0 Å². The molecule has 0 atom stereocenters. The van der Waals surface area contributed by atoms with Crippen molar-refractivity contribution in [3.05, 3.63) is 11.1 Å². The van der Waals surface area contributed by atoms with Gasteiger partial charge in [-0.25, -0.2) is 5.11 Å². The van der Waals surface area contributed by atoms with Crippen molar-refractivity contribution in [1.29, 1.82) is 0 Å². The summed E-state index contributed by atoms with van der Waals surface area (Å²) in [5.41, 5.74) is 0. The lowest BCUT2D eigenvalue weighted by Crippen LogP contribution is -1.66. The maximum atomic E-state index is 9.58. The first-order chi connectivity index (χ1) is 2.77. The van der Waals surface area contributed by atoms with Crippen LogP contribution in [0.3, 0.4) is 0 Å². The molecule has 0 spiro atoms. The van der Waals surface area contributed by atoms with Gasteiger partial charge >= 0.3 is 0 Å². The van der Waals surface area contributed by atoms with E-state index in [0.29, 0.717) is 5.03 Å². The van der Waals surface area contributed by atoms with Crippen LogP contribution in [0, 0.1) is 0 Å². The summed E-state index contributed by atoms with van der Waals surface area (Å²) in [5.74, 6) is 0. The Morgan fingerprint density at radius 1 is 2.00 bits per heavy atom. The Labute approximate surface area is 42.2 Å². The van der Waals surface area contributed by atoms with Crippen LogP contribution in [0.5, 0.6) is 0 Å². The van der Waals surface area contributed by atoms with Gasteiger partial charge in [0.15, 0.2) is 0 Å². The summed E-state index contributed by atoms with van der Waals surface area (Å²) in [6, 6.07) is 0. The standard InChI is InChI=1S/C4H6ClO/c1-4(5)2-3-6/h2H,3H2,1H3. The minimum absolute atomic E-state index is 0.213. The fraction of sp³-hybridized carbons (Fsp3) is 0.500. The SMILES string of the molecule is CC(Cl)=CC[O]. The maximum absolute atomic E-state index is 9.58. The van der Waals surface area contributed by atoms with Crippen LogP contribution in [0.4, 0.5) is 0 Å². The molecule has 0 amide bonds. The molecule has 1 nitrogen and oxygen atoms in total. The summed E-state index contributed by atoms with van der Waals surface area (Å²) < 4.78 is 0. The Bertz CT molecular complexity index is 54.6. The van der Waals surface area contributed by atoms with E-state index in [1.165, 1.54) is 6.08 Å². The molecule has 6 heavy (non-hydrogen) atoms. The van der Waals surface area contributed by atoms with Crippen LogP contribution in [-0.4, -0.2) is 6.61 Å². The summed E-state index contributed by atoms with van der Waals surface area (Å²) >= 11 is 5.24. The van der Waals surface area contributed by atoms with Gasteiger partial charge in [-0.1, -0.05) is 11.6 Å². The topological polar surface area (TPSA) is 19.9 Å². The minimum atomic E-state index is -0.213. The molecule has 0 N–H and O–H groups in total. The van der Waals surface area contributed by atoms with Gasteiger partial charge in [-0.15, -0.1) is 0 Å². The molecule has 0 saturated carbocycles. The van der Waals surface area contributed by atoms with Crippen molar-refractivity contribution in [1.82, 2.24) is 0 Å². The van der Waals surface area contributed by atoms with E-state index >= 15 is 0 Å². The molecule has 0 aliphatic carbocycles. The number of allylic oxidation sites excluding steroid dienone is 1.